The Labute approximate surface area is 160 Å². The summed E-state index contributed by atoms with van der Waals surface area (Å²) in [7, 11) is 0. The number of hydrogen-bond donors (Lipinski definition) is 1. The van der Waals surface area contributed by atoms with Crippen LogP contribution in [0.4, 0.5) is 0 Å². The normalized spacial score (nSPS) is 13.1. The van der Waals surface area contributed by atoms with Crippen molar-refractivity contribution in [1.82, 2.24) is 19.8 Å². The average Bonchev–Trinajstić information content (AvgIpc) is 3.08. The number of nitrogens with zero attached hydrogens (tertiary/aromatic N) is 3. The topological polar surface area (TPSA) is 67.2 Å². The highest BCUT2D eigenvalue weighted by atomic mass is 16.2. The predicted octanol–water partition coefficient (Wildman–Crippen LogP) is 2.94. The van der Waals surface area contributed by atoms with Gasteiger partial charge in [-0.3, -0.25) is 9.59 Å². The fourth-order valence-electron chi connectivity index (χ4n) is 3.51. The molecular weight excluding hydrogens is 340 g/mol. The van der Waals surface area contributed by atoms with Crippen molar-refractivity contribution in [3.8, 4) is 0 Å². The van der Waals surface area contributed by atoms with Gasteiger partial charge in [0.1, 0.15) is 5.69 Å². The number of hydrogen-bond acceptors (Lipinski definition) is 3. The Morgan fingerprint density at radius 3 is 2.52 bits per heavy atom. The van der Waals surface area contributed by atoms with E-state index in [0.717, 1.165) is 37.1 Å². The molecule has 0 bridgehead atoms. The van der Waals surface area contributed by atoms with Crippen LogP contribution in [-0.4, -0.2) is 39.4 Å². The van der Waals surface area contributed by atoms with Crippen LogP contribution >= 0.6 is 0 Å². The molecule has 1 aromatic carbocycles. The van der Waals surface area contributed by atoms with Crippen LogP contribution in [0.1, 0.15) is 64.6 Å². The van der Waals surface area contributed by atoms with Gasteiger partial charge in [0.2, 0.25) is 0 Å². The molecule has 0 unspecified atom stereocenters. The van der Waals surface area contributed by atoms with Crippen molar-refractivity contribution in [3.05, 3.63) is 52.6 Å². The maximum atomic E-state index is 12.8. The quantitative estimate of drug-likeness (QED) is 0.852. The molecule has 1 aliphatic rings. The van der Waals surface area contributed by atoms with Gasteiger partial charge in [0.05, 0.1) is 5.69 Å². The van der Waals surface area contributed by atoms with Gasteiger partial charge in [0.25, 0.3) is 11.8 Å². The zero-order valence-corrected chi connectivity index (χ0v) is 16.4. The number of benzene rings is 1. The van der Waals surface area contributed by atoms with Crippen molar-refractivity contribution in [1.29, 1.82) is 0 Å². The van der Waals surface area contributed by atoms with Crippen LogP contribution in [0.15, 0.2) is 24.3 Å². The van der Waals surface area contributed by atoms with Crippen LogP contribution in [0.5, 0.6) is 0 Å². The average molecular weight is 368 g/mol. The highest BCUT2D eigenvalue weighted by Gasteiger charge is 2.28. The highest BCUT2D eigenvalue weighted by molar-refractivity contribution is 5.97. The number of fused-ring (bicyclic) bond motifs is 1. The van der Waals surface area contributed by atoms with Crippen molar-refractivity contribution in [2.45, 2.75) is 53.1 Å². The Hall–Kier alpha value is -2.63. The molecule has 0 fully saturated rings. The Morgan fingerprint density at radius 1 is 1.15 bits per heavy atom. The molecule has 2 amide bonds. The first-order valence-electron chi connectivity index (χ1n) is 9.77. The second-order valence-electron chi connectivity index (χ2n) is 6.99. The first kappa shape index (κ1) is 19.1. The number of imidazole rings is 1. The zero-order chi connectivity index (χ0) is 19.4. The molecule has 6 nitrogen and oxygen atoms in total. The van der Waals surface area contributed by atoms with Crippen molar-refractivity contribution in [2.24, 2.45) is 0 Å². The Morgan fingerprint density at radius 2 is 1.85 bits per heavy atom. The first-order valence-corrected chi connectivity index (χ1v) is 9.77. The molecule has 0 radical (unpaired) electrons. The van der Waals surface area contributed by atoms with Crippen LogP contribution in [0.25, 0.3) is 0 Å². The summed E-state index contributed by atoms with van der Waals surface area (Å²) in [6.45, 7) is 8.40. The van der Waals surface area contributed by atoms with Gasteiger partial charge in [-0.15, -0.1) is 0 Å². The first-order chi connectivity index (χ1) is 13.0. The number of aryl methyl sites for hydroxylation is 1. The van der Waals surface area contributed by atoms with E-state index in [2.05, 4.69) is 10.3 Å². The molecule has 0 saturated carbocycles. The number of aromatic nitrogens is 2. The molecule has 144 valence electrons. The molecule has 0 saturated heterocycles. The van der Waals surface area contributed by atoms with E-state index in [1.165, 1.54) is 5.56 Å². The molecule has 1 aliphatic heterocycles. The van der Waals surface area contributed by atoms with Gasteiger partial charge in [-0.2, -0.15) is 0 Å². The lowest BCUT2D eigenvalue weighted by Gasteiger charge is -2.21. The van der Waals surface area contributed by atoms with E-state index in [4.69, 9.17) is 0 Å². The van der Waals surface area contributed by atoms with Crippen LogP contribution in [0, 0.1) is 6.92 Å². The summed E-state index contributed by atoms with van der Waals surface area (Å²) in [6.07, 6.45) is 2.81. The minimum atomic E-state index is -0.208. The van der Waals surface area contributed by atoms with Gasteiger partial charge in [-0.1, -0.05) is 29.8 Å². The van der Waals surface area contributed by atoms with Gasteiger partial charge in [-0.25, -0.2) is 4.98 Å². The second kappa shape index (κ2) is 8.37. The molecule has 2 heterocycles. The van der Waals surface area contributed by atoms with E-state index in [9.17, 15) is 9.59 Å². The third-order valence-corrected chi connectivity index (χ3v) is 5.15. The molecule has 1 aromatic heterocycles. The molecule has 1 N–H and O–H groups in total. The second-order valence-corrected chi connectivity index (χ2v) is 6.99. The smallest absolute Gasteiger partial charge is 0.289 e. The number of amides is 2. The molecule has 0 spiro atoms. The van der Waals surface area contributed by atoms with Crippen LogP contribution in [0.3, 0.4) is 0 Å². The van der Waals surface area contributed by atoms with Crippen LogP contribution in [-0.2, 0) is 19.5 Å². The Balaban J connectivity index is 1.83. The van der Waals surface area contributed by atoms with Gasteiger partial charge >= 0.3 is 0 Å². The SMILES string of the molecule is CCN(CC)C(=O)c1nc(C(=O)NCc2ccc(C)cc2)c2n1CCCC2. The summed E-state index contributed by atoms with van der Waals surface area (Å²) in [5.74, 6) is 0.0921. The van der Waals surface area contributed by atoms with Crippen molar-refractivity contribution in [3.63, 3.8) is 0 Å². The van der Waals surface area contributed by atoms with Gasteiger partial charge in [-0.05, 0) is 45.6 Å². The number of nitrogens with one attached hydrogen (secondary N) is 1. The highest BCUT2D eigenvalue weighted by Crippen LogP contribution is 2.22. The molecular formula is C21H28N4O2. The van der Waals surface area contributed by atoms with E-state index in [1.54, 1.807) is 4.90 Å². The zero-order valence-electron chi connectivity index (χ0n) is 16.4. The lowest BCUT2D eigenvalue weighted by molar-refractivity contribution is 0.0754. The summed E-state index contributed by atoms with van der Waals surface area (Å²) < 4.78 is 1.95. The van der Waals surface area contributed by atoms with Crippen LogP contribution < -0.4 is 5.32 Å². The number of carbonyl (C=O) groups is 2. The maximum Gasteiger partial charge on any atom is 0.289 e. The van der Waals surface area contributed by atoms with E-state index in [-0.39, 0.29) is 11.8 Å². The standard InChI is InChI=1S/C21H28N4O2/c1-4-24(5-2)21(27)19-23-18(17-8-6-7-13-25(17)19)20(26)22-14-16-11-9-15(3)10-12-16/h9-12H,4-8,13-14H2,1-3H3,(H,22,26). The van der Waals surface area contributed by atoms with E-state index in [0.29, 0.717) is 31.2 Å². The van der Waals surface area contributed by atoms with Gasteiger partial charge < -0.3 is 14.8 Å². The maximum absolute atomic E-state index is 12.8. The lowest BCUT2D eigenvalue weighted by Crippen LogP contribution is -2.33. The number of carbonyl (C=O) groups excluding carboxylic acids is 2. The number of rotatable bonds is 6. The van der Waals surface area contributed by atoms with E-state index >= 15 is 0 Å². The summed E-state index contributed by atoms with van der Waals surface area (Å²) in [4.78, 5) is 31.9. The molecule has 27 heavy (non-hydrogen) atoms. The summed E-state index contributed by atoms with van der Waals surface area (Å²) >= 11 is 0. The summed E-state index contributed by atoms with van der Waals surface area (Å²) in [5, 5.41) is 2.95. The fraction of sp³-hybridized carbons (Fsp3) is 0.476. The minimum absolute atomic E-state index is 0.0965. The van der Waals surface area contributed by atoms with Gasteiger partial charge in [0.15, 0.2) is 5.82 Å². The molecule has 2 aromatic rings. The van der Waals surface area contributed by atoms with E-state index in [1.807, 2.05) is 49.6 Å². The summed E-state index contributed by atoms with van der Waals surface area (Å²) in [6, 6.07) is 8.07. The third kappa shape index (κ3) is 4.04. The summed E-state index contributed by atoms with van der Waals surface area (Å²) in [5.41, 5.74) is 3.52. The van der Waals surface area contributed by atoms with Crippen molar-refractivity contribution >= 4 is 11.8 Å². The Kier molecular flexibility index (Phi) is 5.94. The fourth-order valence-corrected chi connectivity index (χ4v) is 3.51. The molecule has 3 rings (SSSR count). The van der Waals surface area contributed by atoms with Crippen molar-refractivity contribution < 1.29 is 9.59 Å². The molecule has 0 aliphatic carbocycles. The van der Waals surface area contributed by atoms with Crippen LogP contribution in [0.2, 0.25) is 0 Å². The monoisotopic (exact) mass is 368 g/mol. The predicted molar refractivity (Wildman–Crippen MR) is 105 cm³/mol. The van der Waals surface area contributed by atoms with Crippen molar-refractivity contribution in [2.75, 3.05) is 13.1 Å². The van der Waals surface area contributed by atoms with Gasteiger partial charge in [0, 0.05) is 26.2 Å². The molecule has 0 atom stereocenters. The minimum Gasteiger partial charge on any atom is -0.347 e. The Bertz CT molecular complexity index is 819. The van der Waals surface area contributed by atoms with E-state index < -0.39 is 0 Å². The largest absolute Gasteiger partial charge is 0.347 e. The lowest BCUT2D eigenvalue weighted by atomic mass is 10.1. The third-order valence-electron chi connectivity index (χ3n) is 5.15. The molecule has 6 heteroatoms.